The molecular weight excluding hydrogens is 340 g/mol. The zero-order valence-corrected chi connectivity index (χ0v) is 13.9. The molecule has 0 fully saturated rings. The summed E-state index contributed by atoms with van der Waals surface area (Å²) < 4.78 is 10.3. The number of ether oxygens (including phenoxy) is 1. The van der Waals surface area contributed by atoms with Gasteiger partial charge in [0.15, 0.2) is 11.5 Å². The maximum absolute atomic E-state index is 12.8. The molecule has 3 heterocycles. The first kappa shape index (κ1) is 17.8. The number of ketones is 1. The van der Waals surface area contributed by atoms with Crippen molar-refractivity contribution < 1.29 is 29.0 Å². The van der Waals surface area contributed by atoms with Crippen LogP contribution in [0.1, 0.15) is 22.3 Å². The Labute approximate surface area is 149 Å². The number of hydrogen-bond donors (Lipinski definition) is 2. The number of rotatable bonds is 8. The van der Waals surface area contributed by atoms with Crippen LogP contribution in [0, 0.1) is 0 Å². The standard InChI is InChI=1S/C18H18N2O6/c21-8-11-25-10-7-20-15(12-4-1-2-6-19-12)14(17(23)18(20)24)16(22)13-5-3-9-26-13/h1-6,9,15,21,23H,7-8,10-11H2/t15-/m0/s1. The Morgan fingerprint density at radius 2 is 2.12 bits per heavy atom. The molecule has 0 bridgehead atoms. The molecule has 1 aliphatic rings. The number of amides is 1. The van der Waals surface area contributed by atoms with E-state index in [1.807, 2.05) is 0 Å². The van der Waals surface area contributed by atoms with Gasteiger partial charge < -0.3 is 24.3 Å². The van der Waals surface area contributed by atoms with Gasteiger partial charge in [0.25, 0.3) is 5.91 Å². The molecule has 136 valence electrons. The molecule has 8 nitrogen and oxygen atoms in total. The van der Waals surface area contributed by atoms with Crippen molar-refractivity contribution in [3.8, 4) is 0 Å². The van der Waals surface area contributed by atoms with Crippen molar-refractivity contribution >= 4 is 11.7 Å². The van der Waals surface area contributed by atoms with E-state index in [-0.39, 0.29) is 37.7 Å². The van der Waals surface area contributed by atoms with Crippen molar-refractivity contribution in [1.29, 1.82) is 0 Å². The van der Waals surface area contributed by atoms with Gasteiger partial charge in [0.05, 0.1) is 37.4 Å². The number of furan rings is 1. The highest BCUT2D eigenvalue weighted by Gasteiger charge is 2.44. The largest absolute Gasteiger partial charge is 0.503 e. The zero-order chi connectivity index (χ0) is 18.5. The highest BCUT2D eigenvalue weighted by Crippen LogP contribution is 2.37. The van der Waals surface area contributed by atoms with Crippen LogP contribution in [0.15, 0.2) is 58.5 Å². The fraction of sp³-hybridized carbons (Fsp3) is 0.278. The number of carbonyl (C=O) groups excluding carboxylic acids is 2. The second kappa shape index (κ2) is 7.94. The van der Waals surface area contributed by atoms with Crippen LogP contribution in [-0.4, -0.2) is 58.2 Å². The molecule has 8 heteroatoms. The highest BCUT2D eigenvalue weighted by molar-refractivity contribution is 6.14. The van der Waals surface area contributed by atoms with Crippen molar-refractivity contribution in [2.24, 2.45) is 0 Å². The molecule has 3 rings (SSSR count). The van der Waals surface area contributed by atoms with E-state index in [1.54, 1.807) is 30.5 Å². The summed E-state index contributed by atoms with van der Waals surface area (Å²) in [5, 5.41) is 19.1. The number of nitrogens with zero attached hydrogens (tertiary/aromatic N) is 2. The van der Waals surface area contributed by atoms with Crippen molar-refractivity contribution in [1.82, 2.24) is 9.88 Å². The van der Waals surface area contributed by atoms with Crippen LogP contribution in [0.3, 0.4) is 0 Å². The lowest BCUT2D eigenvalue weighted by Gasteiger charge is -2.25. The van der Waals surface area contributed by atoms with Gasteiger partial charge in [0.2, 0.25) is 5.78 Å². The van der Waals surface area contributed by atoms with E-state index < -0.39 is 23.5 Å². The summed E-state index contributed by atoms with van der Waals surface area (Å²) in [5.74, 6) is -1.85. The van der Waals surface area contributed by atoms with Crippen LogP contribution >= 0.6 is 0 Å². The smallest absolute Gasteiger partial charge is 0.290 e. The molecule has 0 aliphatic carbocycles. The maximum Gasteiger partial charge on any atom is 0.290 e. The number of Topliss-reactive ketones (excluding diaryl/α,β-unsaturated/α-hetero) is 1. The number of hydrogen-bond acceptors (Lipinski definition) is 7. The van der Waals surface area contributed by atoms with E-state index in [0.29, 0.717) is 5.69 Å². The number of aliphatic hydroxyl groups excluding tert-OH is 2. The van der Waals surface area contributed by atoms with Crippen LogP contribution in [0.5, 0.6) is 0 Å². The van der Waals surface area contributed by atoms with Crippen molar-refractivity contribution in [3.05, 3.63) is 65.6 Å². The average Bonchev–Trinajstić information content (AvgIpc) is 3.28. The number of carbonyl (C=O) groups is 2. The molecule has 0 unspecified atom stereocenters. The third-order valence-corrected chi connectivity index (χ3v) is 3.97. The fourth-order valence-corrected chi connectivity index (χ4v) is 2.83. The summed E-state index contributed by atoms with van der Waals surface area (Å²) in [6.45, 7) is 0.265. The minimum atomic E-state index is -0.848. The Kier molecular flexibility index (Phi) is 5.45. The van der Waals surface area contributed by atoms with Crippen LogP contribution < -0.4 is 0 Å². The Hall–Kier alpha value is -2.97. The van der Waals surface area contributed by atoms with Crippen molar-refractivity contribution in [3.63, 3.8) is 0 Å². The van der Waals surface area contributed by atoms with Gasteiger partial charge in [-0.15, -0.1) is 0 Å². The Morgan fingerprint density at radius 1 is 1.27 bits per heavy atom. The molecule has 1 aliphatic heterocycles. The first-order valence-corrected chi connectivity index (χ1v) is 8.07. The molecule has 1 atom stereocenters. The molecule has 1 amide bonds. The first-order chi connectivity index (χ1) is 12.6. The molecule has 2 aromatic heterocycles. The van der Waals surface area contributed by atoms with E-state index in [2.05, 4.69) is 4.98 Å². The average molecular weight is 358 g/mol. The summed E-state index contributed by atoms with van der Waals surface area (Å²) in [4.78, 5) is 30.9. The zero-order valence-electron chi connectivity index (χ0n) is 13.9. The first-order valence-electron chi connectivity index (χ1n) is 8.07. The SMILES string of the molecule is O=C(C1=C(O)C(=O)N(CCOCCO)[C@H]1c1ccccn1)c1ccco1. The second-order valence-corrected chi connectivity index (χ2v) is 5.56. The maximum atomic E-state index is 12.8. The summed E-state index contributed by atoms with van der Waals surface area (Å²) in [5.41, 5.74) is 0.368. The predicted octanol–water partition coefficient (Wildman–Crippen LogP) is 1.26. The second-order valence-electron chi connectivity index (χ2n) is 5.56. The minimum Gasteiger partial charge on any atom is -0.503 e. The molecule has 2 N–H and O–H groups in total. The van der Waals surface area contributed by atoms with Gasteiger partial charge in [-0.3, -0.25) is 14.6 Å². The Bertz CT molecular complexity index is 800. The lowest BCUT2D eigenvalue weighted by Crippen LogP contribution is -2.34. The van der Waals surface area contributed by atoms with Crippen LogP contribution in [-0.2, 0) is 9.53 Å². The van der Waals surface area contributed by atoms with Crippen LogP contribution in [0.25, 0.3) is 0 Å². The normalized spacial score (nSPS) is 17.2. The van der Waals surface area contributed by atoms with Gasteiger partial charge in [-0.2, -0.15) is 0 Å². The van der Waals surface area contributed by atoms with Gasteiger partial charge in [-0.05, 0) is 24.3 Å². The highest BCUT2D eigenvalue weighted by atomic mass is 16.5. The third-order valence-electron chi connectivity index (χ3n) is 3.97. The van der Waals surface area contributed by atoms with E-state index >= 15 is 0 Å². The quantitative estimate of drug-likeness (QED) is 0.539. The lowest BCUT2D eigenvalue weighted by atomic mass is 9.98. The molecule has 0 radical (unpaired) electrons. The Morgan fingerprint density at radius 3 is 2.77 bits per heavy atom. The molecular formula is C18H18N2O6. The number of aliphatic hydroxyl groups is 2. The third kappa shape index (κ3) is 3.37. The van der Waals surface area contributed by atoms with E-state index in [4.69, 9.17) is 14.3 Å². The molecule has 0 aromatic carbocycles. The van der Waals surface area contributed by atoms with Crippen molar-refractivity contribution in [2.75, 3.05) is 26.4 Å². The predicted molar refractivity (Wildman–Crippen MR) is 89.3 cm³/mol. The van der Waals surface area contributed by atoms with Gasteiger partial charge in [-0.1, -0.05) is 6.07 Å². The summed E-state index contributed by atoms with van der Waals surface area (Å²) >= 11 is 0. The Balaban J connectivity index is 1.95. The molecule has 0 spiro atoms. The van der Waals surface area contributed by atoms with Gasteiger partial charge in [-0.25, -0.2) is 0 Å². The van der Waals surface area contributed by atoms with E-state index in [9.17, 15) is 14.7 Å². The summed E-state index contributed by atoms with van der Waals surface area (Å²) in [6, 6.07) is 7.30. The van der Waals surface area contributed by atoms with E-state index in [1.165, 1.54) is 17.2 Å². The van der Waals surface area contributed by atoms with Crippen LogP contribution in [0.4, 0.5) is 0 Å². The van der Waals surface area contributed by atoms with Gasteiger partial charge in [0, 0.05) is 12.7 Å². The summed E-state index contributed by atoms with van der Waals surface area (Å²) in [7, 11) is 0. The van der Waals surface area contributed by atoms with Gasteiger partial charge >= 0.3 is 0 Å². The van der Waals surface area contributed by atoms with E-state index in [0.717, 1.165) is 0 Å². The minimum absolute atomic E-state index is 0.0265. The van der Waals surface area contributed by atoms with Gasteiger partial charge in [0.1, 0.15) is 6.04 Å². The number of pyridine rings is 1. The molecule has 26 heavy (non-hydrogen) atoms. The monoisotopic (exact) mass is 358 g/mol. The summed E-state index contributed by atoms with van der Waals surface area (Å²) in [6.07, 6.45) is 2.89. The topological polar surface area (TPSA) is 113 Å². The molecule has 2 aromatic rings. The van der Waals surface area contributed by atoms with Crippen molar-refractivity contribution in [2.45, 2.75) is 6.04 Å². The van der Waals surface area contributed by atoms with Crippen LogP contribution in [0.2, 0.25) is 0 Å². The molecule has 0 saturated heterocycles. The number of aromatic nitrogens is 1. The molecule has 0 saturated carbocycles. The fourth-order valence-electron chi connectivity index (χ4n) is 2.83. The lowest BCUT2D eigenvalue weighted by molar-refractivity contribution is -0.130.